The van der Waals surface area contributed by atoms with E-state index in [2.05, 4.69) is 43.7 Å². The van der Waals surface area contributed by atoms with E-state index < -0.39 is 11.9 Å². The molecule has 0 radical (unpaired) electrons. The number of unbranched alkanes of at least 4 members (excludes halogenated alkanes) is 1. The molecule has 2 N–H and O–H groups in total. The molecule has 3 aromatic rings. The fraction of sp³-hybridized carbons (Fsp3) is 0.211. The van der Waals surface area contributed by atoms with Crippen molar-refractivity contribution in [1.82, 2.24) is 9.55 Å². The summed E-state index contributed by atoms with van der Waals surface area (Å²) in [7, 11) is 0. The van der Waals surface area contributed by atoms with Gasteiger partial charge in [-0.1, -0.05) is 30.3 Å². The Morgan fingerprint density at radius 2 is 1.81 bits per heavy atom. The van der Waals surface area contributed by atoms with Crippen LogP contribution in [0.25, 0.3) is 10.8 Å². The second-order valence-corrected chi connectivity index (χ2v) is 6.36. The first-order chi connectivity index (χ1) is 13.0. The number of hydrogen-bond acceptors (Lipinski definition) is 4. The van der Waals surface area contributed by atoms with Gasteiger partial charge in [0.1, 0.15) is 5.75 Å². The number of carbonyl (C=O) groups is 2. The highest BCUT2D eigenvalue weighted by molar-refractivity contribution is 9.10. The molecule has 0 fully saturated rings. The molecule has 0 bridgehead atoms. The second kappa shape index (κ2) is 10.3. The third-order valence-corrected chi connectivity index (χ3v) is 4.46. The van der Waals surface area contributed by atoms with Gasteiger partial charge in [-0.25, -0.2) is 14.6 Å². The first-order valence-electron chi connectivity index (χ1n) is 8.21. The summed E-state index contributed by atoms with van der Waals surface area (Å²) in [6, 6.07) is 12.4. The molecule has 1 heterocycles. The third kappa shape index (κ3) is 6.41. The zero-order chi connectivity index (χ0) is 19.6. The van der Waals surface area contributed by atoms with Crippen LogP contribution in [-0.2, 0) is 16.1 Å². The number of carboxylic acid groups (broad SMARTS) is 2. The summed E-state index contributed by atoms with van der Waals surface area (Å²) in [5.74, 6) is -2.73. The van der Waals surface area contributed by atoms with Crippen molar-refractivity contribution < 1.29 is 24.5 Å². The molecule has 3 rings (SSSR count). The van der Waals surface area contributed by atoms with Gasteiger partial charge in [0.05, 0.1) is 17.4 Å². The summed E-state index contributed by atoms with van der Waals surface area (Å²) in [4.78, 5) is 22.2. The number of imidazole rings is 1. The van der Waals surface area contributed by atoms with Crippen LogP contribution in [0.5, 0.6) is 5.75 Å². The standard InChI is InChI=1S/C17H17BrN2O.C2H2O4/c18-17-15-6-2-1-5-14(15)7-8-16(17)21-12-4-3-10-20-11-9-19-13-20;3-1(4)2(5)6/h1-2,5-9,11,13H,3-4,10,12H2;(H,3,4)(H,5,6). The lowest BCUT2D eigenvalue weighted by molar-refractivity contribution is -0.159. The minimum absolute atomic E-state index is 0.728. The van der Waals surface area contributed by atoms with Crippen LogP contribution in [0.2, 0.25) is 0 Å². The van der Waals surface area contributed by atoms with Crippen LogP contribution in [-0.4, -0.2) is 38.3 Å². The monoisotopic (exact) mass is 434 g/mol. The highest BCUT2D eigenvalue weighted by Crippen LogP contribution is 2.33. The number of carboxylic acids is 2. The van der Waals surface area contributed by atoms with E-state index in [0.29, 0.717) is 0 Å². The Balaban J connectivity index is 0.000000380. The minimum atomic E-state index is -1.82. The Bertz CT molecular complexity index is 884. The summed E-state index contributed by atoms with van der Waals surface area (Å²) in [6.45, 7) is 1.72. The van der Waals surface area contributed by atoms with Crippen molar-refractivity contribution in [2.45, 2.75) is 19.4 Å². The molecule has 0 spiro atoms. The number of aliphatic carboxylic acids is 2. The van der Waals surface area contributed by atoms with Gasteiger partial charge in [0.25, 0.3) is 0 Å². The first-order valence-corrected chi connectivity index (χ1v) is 9.00. The fourth-order valence-corrected chi connectivity index (χ4v) is 2.93. The average molecular weight is 435 g/mol. The van der Waals surface area contributed by atoms with Gasteiger partial charge in [0, 0.05) is 18.9 Å². The maximum absolute atomic E-state index is 9.10. The lowest BCUT2D eigenvalue weighted by Crippen LogP contribution is -2.09. The number of fused-ring (bicyclic) bond motifs is 1. The average Bonchev–Trinajstić information content (AvgIpc) is 3.17. The van der Waals surface area contributed by atoms with Gasteiger partial charge in [0.15, 0.2) is 0 Å². The Morgan fingerprint density at radius 3 is 2.48 bits per heavy atom. The van der Waals surface area contributed by atoms with Crippen molar-refractivity contribution in [2.75, 3.05) is 6.61 Å². The van der Waals surface area contributed by atoms with Crippen LogP contribution in [0.15, 0.2) is 59.6 Å². The van der Waals surface area contributed by atoms with E-state index >= 15 is 0 Å². The Kier molecular flexibility index (Phi) is 7.81. The van der Waals surface area contributed by atoms with E-state index in [1.54, 1.807) is 0 Å². The van der Waals surface area contributed by atoms with E-state index in [1.807, 2.05) is 36.9 Å². The van der Waals surface area contributed by atoms with Crippen molar-refractivity contribution in [1.29, 1.82) is 0 Å². The summed E-state index contributed by atoms with van der Waals surface area (Å²) in [5, 5.41) is 17.2. The highest BCUT2D eigenvalue weighted by atomic mass is 79.9. The van der Waals surface area contributed by atoms with Crippen molar-refractivity contribution in [3.63, 3.8) is 0 Å². The van der Waals surface area contributed by atoms with Crippen LogP contribution in [0.1, 0.15) is 12.8 Å². The van der Waals surface area contributed by atoms with E-state index in [4.69, 9.17) is 24.5 Å². The van der Waals surface area contributed by atoms with Gasteiger partial charge in [-0.15, -0.1) is 0 Å². The maximum atomic E-state index is 9.10. The molecule has 0 saturated heterocycles. The number of rotatable bonds is 6. The summed E-state index contributed by atoms with van der Waals surface area (Å²) >= 11 is 3.65. The number of aromatic nitrogens is 2. The highest BCUT2D eigenvalue weighted by Gasteiger charge is 2.05. The third-order valence-electron chi connectivity index (χ3n) is 3.64. The summed E-state index contributed by atoms with van der Waals surface area (Å²) in [5.41, 5.74) is 0. The molecule has 0 unspecified atom stereocenters. The summed E-state index contributed by atoms with van der Waals surface area (Å²) in [6.07, 6.45) is 7.75. The van der Waals surface area contributed by atoms with Gasteiger partial charge >= 0.3 is 11.9 Å². The smallest absolute Gasteiger partial charge is 0.414 e. The molecular formula is C19H19BrN2O5. The number of benzene rings is 2. The predicted molar refractivity (Wildman–Crippen MR) is 104 cm³/mol. The zero-order valence-electron chi connectivity index (χ0n) is 14.4. The molecule has 0 atom stereocenters. The van der Waals surface area contributed by atoms with Crippen LogP contribution < -0.4 is 4.74 Å². The first kappa shape index (κ1) is 20.4. The van der Waals surface area contributed by atoms with Crippen LogP contribution in [0.4, 0.5) is 0 Å². The number of halogens is 1. The van der Waals surface area contributed by atoms with Gasteiger partial charge < -0.3 is 19.5 Å². The summed E-state index contributed by atoms with van der Waals surface area (Å²) < 4.78 is 9.02. The van der Waals surface area contributed by atoms with Crippen LogP contribution in [0, 0.1) is 0 Å². The molecule has 142 valence electrons. The molecule has 0 aliphatic carbocycles. The molecule has 2 aromatic carbocycles. The molecule has 0 aliphatic heterocycles. The van der Waals surface area contributed by atoms with E-state index in [9.17, 15) is 0 Å². The number of nitrogens with zero attached hydrogens (tertiary/aromatic N) is 2. The van der Waals surface area contributed by atoms with Gasteiger partial charge in [-0.05, 0) is 45.6 Å². The fourth-order valence-electron chi connectivity index (χ4n) is 2.32. The molecule has 27 heavy (non-hydrogen) atoms. The quantitative estimate of drug-likeness (QED) is 0.451. The molecule has 0 amide bonds. The Labute approximate surface area is 164 Å². The lowest BCUT2D eigenvalue weighted by atomic mass is 10.1. The SMILES string of the molecule is Brc1c(OCCCCn2ccnc2)ccc2ccccc12.O=C(O)C(=O)O. The number of ether oxygens (including phenoxy) is 1. The van der Waals surface area contributed by atoms with Crippen molar-refractivity contribution in [2.24, 2.45) is 0 Å². The van der Waals surface area contributed by atoms with Crippen LogP contribution in [0.3, 0.4) is 0 Å². The normalized spacial score (nSPS) is 10.1. The van der Waals surface area contributed by atoms with Gasteiger partial charge in [-0.2, -0.15) is 0 Å². The molecule has 7 nitrogen and oxygen atoms in total. The predicted octanol–water partition coefficient (Wildman–Crippen LogP) is 3.81. The van der Waals surface area contributed by atoms with E-state index in [-0.39, 0.29) is 0 Å². The van der Waals surface area contributed by atoms with Crippen molar-refractivity contribution in [3.05, 3.63) is 59.6 Å². The Morgan fingerprint density at radius 1 is 1.07 bits per heavy atom. The molecule has 0 saturated carbocycles. The van der Waals surface area contributed by atoms with Crippen LogP contribution >= 0.6 is 15.9 Å². The molecule has 1 aromatic heterocycles. The van der Waals surface area contributed by atoms with Crippen molar-refractivity contribution >= 4 is 38.6 Å². The molecule has 8 heteroatoms. The lowest BCUT2D eigenvalue weighted by Gasteiger charge is -2.10. The van der Waals surface area contributed by atoms with E-state index in [0.717, 1.165) is 36.2 Å². The van der Waals surface area contributed by atoms with E-state index in [1.165, 1.54) is 10.8 Å². The van der Waals surface area contributed by atoms with Gasteiger partial charge in [-0.3, -0.25) is 0 Å². The second-order valence-electron chi connectivity index (χ2n) is 5.57. The number of aryl methyl sites for hydroxylation is 1. The zero-order valence-corrected chi connectivity index (χ0v) is 16.0. The molecule has 0 aliphatic rings. The minimum Gasteiger partial charge on any atom is -0.492 e. The number of hydrogen-bond donors (Lipinski definition) is 2. The van der Waals surface area contributed by atoms with Gasteiger partial charge in [0.2, 0.25) is 0 Å². The maximum Gasteiger partial charge on any atom is 0.414 e. The topological polar surface area (TPSA) is 102 Å². The largest absolute Gasteiger partial charge is 0.492 e. The molecular weight excluding hydrogens is 416 g/mol. The van der Waals surface area contributed by atoms with Crippen molar-refractivity contribution in [3.8, 4) is 5.75 Å². The Hall–Kier alpha value is -2.87.